The molecule has 3 rings (SSSR count). The molecule has 7 nitrogen and oxygen atoms in total. The molecule has 2 N–H and O–H groups in total. The zero-order valence-corrected chi connectivity index (χ0v) is 18.2. The lowest BCUT2D eigenvalue weighted by Crippen LogP contribution is -2.16. The van der Waals surface area contributed by atoms with E-state index in [0.717, 1.165) is 16.9 Å². The maximum Gasteiger partial charge on any atom is 0.234 e. The summed E-state index contributed by atoms with van der Waals surface area (Å²) in [5.74, 6) is 0.685. The van der Waals surface area contributed by atoms with Crippen LogP contribution < -0.4 is 10.6 Å². The van der Waals surface area contributed by atoms with Crippen LogP contribution in [0.1, 0.15) is 17.8 Å². The molecular weight excluding hydrogens is 410 g/mol. The Morgan fingerprint density at radius 2 is 1.77 bits per heavy atom. The van der Waals surface area contributed by atoms with Gasteiger partial charge in [-0.2, -0.15) is 0 Å². The van der Waals surface area contributed by atoms with Crippen LogP contribution in [0.15, 0.2) is 72.4 Å². The standard InChI is InChI=1S/C23H25N5O2S/c1-3-15-28-20(13-14-21(29)24-18-10-5-4-6-11-18)26-27-23(28)31-16-22(30)25-19-12-8-7-9-17(19)2/h3-12H,1,13-16H2,2H3,(H,24,29)(H,25,30). The van der Waals surface area contributed by atoms with Gasteiger partial charge in [-0.15, -0.1) is 16.8 Å². The van der Waals surface area contributed by atoms with Crippen LogP contribution in [-0.2, 0) is 22.6 Å². The van der Waals surface area contributed by atoms with Crippen LogP contribution in [0.2, 0.25) is 0 Å². The minimum Gasteiger partial charge on any atom is -0.326 e. The minimum absolute atomic E-state index is 0.0915. The Labute approximate surface area is 186 Å². The van der Waals surface area contributed by atoms with E-state index >= 15 is 0 Å². The highest BCUT2D eigenvalue weighted by molar-refractivity contribution is 7.99. The number of carbonyl (C=O) groups is 2. The molecule has 2 aromatic carbocycles. The molecule has 0 aliphatic heterocycles. The number of hydrogen-bond donors (Lipinski definition) is 2. The van der Waals surface area contributed by atoms with Crippen molar-refractivity contribution in [1.29, 1.82) is 0 Å². The molecule has 0 aliphatic carbocycles. The summed E-state index contributed by atoms with van der Waals surface area (Å²) in [5.41, 5.74) is 2.56. The highest BCUT2D eigenvalue weighted by Crippen LogP contribution is 2.20. The van der Waals surface area contributed by atoms with Crippen molar-refractivity contribution in [2.45, 2.75) is 31.5 Å². The Hall–Kier alpha value is -3.39. The molecular formula is C23H25N5O2S. The third-order valence-electron chi connectivity index (χ3n) is 4.49. The number of benzene rings is 2. The number of aryl methyl sites for hydroxylation is 2. The van der Waals surface area contributed by atoms with Crippen LogP contribution in [0.5, 0.6) is 0 Å². The van der Waals surface area contributed by atoms with E-state index in [1.54, 1.807) is 6.08 Å². The van der Waals surface area contributed by atoms with Gasteiger partial charge in [0.25, 0.3) is 0 Å². The maximum absolute atomic E-state index is 12.3. The van der Waals surface area contributed by atoms with Crippen molar-refractivity contribution in [2.24, 2.45) is 0 Å². The molecule has 1 heterocycles. The first-order valence-electron chi connectivity index (χ1n) is 9.93. The smallest absolute Gasteiger partial charge is 0.234 e. The molecule has 0 atom stereocenters. The Bertz CT molecular complexity index is 1050. The fraction of sp³-hybridized carbons (Fsp3) is 0.217. The third kappa shape index (κ3) is 6.55. The first-order valence-corrected chi connectivity index (χ1v) is 10.9. The Kier molecular flexibility index (Phi) is 8.00. The van der Waals surface area contributed by atoms with Gasteiger partial charge < -0.3 is 15.2 Å². The molecule has 0 unspecified atom stereocenters. The second kappa shape index (κ2) is 11.1. The molecule has 31 heavy (non-hydrogen) atoms. The van der Waals surface area contributed by atoms with Crippen molar-refractivity contribution >= 4 is 35.0 Å². The van der Waals surface area contributed by atoms with Gasteiger partial charge in [0.15, 0.2) is 5.16 Å². The van der Waals surface area contributed by atoms with Crippen molar-refractivity contribution in [3.05, 3.63) is 78.6 Å². The Balaban J connectivity index is 1.56. The average molecular weight is 436 g/mol. The number of para-hydroxylation sites is 2. The molecule has 0 spiro atoms. The van der Waals surface area contributed by atoms with Gasteiger partial charge in [-0.1, -0.05) is 54.2 Å². The van der Waals surface area contributed by atoms with Gasteiger partial charge in [0.2, 0.25) is 11.8 Å². The summed E-state index contributed by atoms with van der Waals surface area (Å²) in [7, 11) is 0. The van der Waals surface area contributed by atoms with E-state index in [1.807, 2.05) is 66.1 Å². The molecule has 0 saturated heterocycles. The van der Waals surface area contributed by atoms with Crippen LogP contribution in [-0.4, -0.2) is 32.3 Å². The van der Waals surface area contributed by atoms with Gasteiger partial charge in [0.05, 0.1) is 5.75 Å². The first kappa shape index (κ1) is 22.3. The highest BCUT2D eigenvalue weighted by Gasteiger charge is 2.15. The molecule has 0 fully saturated rings. The van der Waals surface area contributed by atoms with Crippen LogP contribution in [0.4, 0.5) is 11.4 Å². The molecule has 1 aromatic heterocycles. The van der Waals surface area contributed by atoms with Crippen molar-refractivity contribution in [1.82, 2.24) is 14.8 Å². The Morgan fingerprint density at radius 3 is 2.52 bits per heavy atom. The van der Waals surface area contributed by atoms with Crippen LogP contribution in [0.3, 0.4) is 0 Å². The van der Waals surface area contributed by atoms with Gasteiger partial charge in [-0.3, -0.25) is 9.59 Å². The van der Waals surface area contributed by atoms with Crippen molar-refractivity contribution in [3.63, 3.8) is 0 Å². The molecule has 0 saturated carbocycles. The lowest BCUT2D eigenvalue weighted by atomic mass is 10.2. The molecule has 0 radical (unpaired) electrons. The monoisotopic (exact) mass is 435 g/mol. The summed E-state index contributed by atoms with van der Waals surface area (Å²) < 4.78 is 1.88. The molecule has 2 amide bonds. The summed E-state index contributed by atoms with van der Waals surface area (Å²) in [6.45, 7) is 6.24. The van der Waals surface area contributed by atoms with Crippen LogP contribution in [0.25, 0.3) is 0 Å². The van der Waals surface area contributed by atoms with E-state index in [4.69, 9.17) is 0 Å². The number of rotatable bonds is 10. The average Bonchev–Trinajstić information content (AvgIpc) is 3.15. The normalized spacial score (nSPS) is 10.5. The molecule has 8 heteroatoms. The molecule has 0 aliphatic rings. The minimum atomic E-state index is -0.115. The number of aromatic nitrogens is 3. The van der Waals surface area contributed by atoms with E-state index in [1.165, 1.54) is 11.8 Å². The predicted octanol–water partition coefficient (Wildman–Crippen LogP) is 4.07. The van der Waals surface area contributed by atoms with Crippen molar-refractivity contribution in [3.8, 4) is 0 Å². The van der Waals surface area contributed by atoms with Crippen molar-refractivity contribution in [2.75, 3.05) is 16.4 Å². The number of nitrogens with one attached hydrogen (secondary N) is 2. The summed E-state index contributed by atoms with van der Waals surface area (Å²) in [6, 6.07) is 17.0. The number of allylic oxidation sites excluding steroid dienone is 1. The summed E-state index contributed by atoms with van der Waals surface area (Å²) in [6.07, 6.45) is 2.46. The highest BCUT2D eigenvalue weighted by atomic mass is 32.2. The van der Waals surface area contributed by atoms with Gasteiger partial charge in [-0.05, 0) is 30.7 Å². The van der Waals surface area contributed by atoms with Crippen LogP contribution in [0, 0.1) is 6.92 Å². The topological polar surface area (TPSA) is 88.9 Å². The summed E-state index contributed by atoms with van der Waals surface area (Å²) >= 11 is 1.31. The first-order chi connectivity index (χ1) is 15.1. The zero-order chi connectivity index (χ0) is 22.1. The molecule has 160 valence electrons. The summed E-state index contributed by atoms with van der Waals surface area (Å²) in [4.78, 5) is 24.6. The maximum atomic E-state index is 12.3. The van der Waals surface area contributed by atoms with Gasteiger partial charge in [-0.25, -0.2) is 0 Å². The summed E-state index contributed by atoms with van der Waals surface area (Å²) in [5, 5.41) is 14.8. The third-order valence-corrected chi connectivity index (χ3v) is 5.46. The van der Waals surface area contributed by atoms with Crippen molar-refractivity contribution < 1.29 is 9.59 Å². The lowest BCUT2D eigenvalue weighted by Gasteiger charge is -2.09. The largest absolute Gasteiger partial charge is 0.326 e. The van der Waals surface area contributed by atoms with E-state index in [0.29, 0.717) is 23.9 Å². The van der Waals surface area contributed by atoms with Gasteiger partial charge in [0, 0.05) is 30.8 Å². The van der Waals surface area contributed by atoms with Crippen LogP contribution >= 0.6 is 11.8 Å². The fourth-order valence-corrected chi connectivity index (χ4v) is 3.69. The second-order valence-electron chi connectivity index (χ2n) is 6.86. The van der Waals surface area contributed by atoms with E-state index < -0.39 is 0 Å². The van der Waals surface area contributed by atoms with Gasteiger partial charge in [0.1, 0.15) is 5.82 Å². The number of hydrogen-bond acceptors (Lipinski definition) is 5. The second-order valence-corrected chi connectivity index (χ2v) is 7.81. The zero-order valence-electron chi connectivity index (χ0n) is 17.4. The molecule has 3 aromatic rings. The number of nitrogens with zero attached hydrogens (tertiary/aromatic N) is 3. The number of carbonyl (C=O) groups excluding carboxylic acids is 2. The van der Waals surface area contributed by atoms with Gasteiger partial charge >= 0.3 is 0 Å². The Morgan fingerprint density at radius 1 is 1.03 bits per heavy atom. The lowest BCUT2D eigenvalue weighted by molar-refractivity contribution is -0.116. The quantitative estimate of drug-likeness (QED) is 0.370. The van der Waals surface area contributed by atoms with E-state index in [-0.39, 0.29) is 24.0 Å². The fourth-order valence-electron chi connectivity index (χ4n) is 2.92. The number of thioether (sulfide) groups is 1. The number of amides is 2. The van der Waals surface area contributed by atoms with E-state index in [9.17, 15) is 9.59 Å². The molecule has 0 bridgehead atoms. The van der Waals surface area contributed by atoms with E-state index in [2.05, 4.69) is 27.4 Å². The predicted molar refractivity (Wildman–Crippen MR) is 124 cm³/mol. The number of anilines is 2. The SMILES string of the molecule is C=CCn1c(CCC(=O)Nc2ccccc2)nnc1SCC(=O)Nc1ccccc1C.